The highest BCUT2D eigenvalue weighted by molar-refractivity contribution is 9.10. The largest absolute Gasteiger partial charge is 0.327 e. The average molecular weight is 270 g/mol. The molecule has 0 saturated heterocycles. The standard InChI is InChI=1S/C10H12BrN3O/c1-6(2)5-14-9-8(13-10(14)15)3-7(11)4-12-9/h3-4,6H,5H2,1-2H3,(H,13,15). The van der Waals surface area contributed by atoms with Crippen LogP contribution in [0.3, 0.4) is 0 Å². The van der Waals surface area contributed by atoms with Gasteiger partial charge in [0, 0.05) is 17.2 Å². The topological polar surface area (TPSA) is 50.7 Å². The minimum absolute atomic E-state index is 0.0932. The van der Waals surface area contributed by atoms with E-state index in [4.69, 9.17) is 0 Å². The Kier molecular flexibility index (Phi) is 2.65. The van der Waals surface area contributed by atoms with Crippen molar-refractivity contribution in [2.45, 2.75) is 20.4 Å². The summed E-state index contributed by atoms with van der Waals surface area (Å²) in [5, 5.41) is 0. The quantitative estimate of drug-likeness (QED) is 0.908. The lowest BCUT2D eigenvalue weighted by molar-refractivity contribution is 0.520. The van der Waals surface area contributed by atoms with Crippen LogP contribution in [-0.4, -0.2) is 14.5 Å². The molecule has 0 aliphatic rings. The Labute approximate surface area is 95.5 Å². The third-order valence-corrected chi connectivity index (χ3v) is 2.56. The molecule has 2 rings (SSSR count). The molecule has 2 heterocycles. The minimum Gasteiger partial charge on any atom is -0.304 e. The number of imidazole rings is 1. The van der Waals surface area contributed by atoms with Crippen LogP contribution in [0.2, 0.25) is 0 Å². The van der Waals surface area contributed by atoms with Gasteiger partial charge in [-0.1, -0.05) is 13.8 Å². The molecule has 0 atom stereocenters. The Morgan fingerprint density at radius 2 is 2.33 bits per heavy atom. The lowest BCUT2D eigenvalue weighted by atomic mass is 10.2. The maximum atomic E-state index is 11.6. The maximum absolute atomic E-state index is 11.6. The molecule has 2 aromatic heterocycles. The predicted molar refractivity (Wildman–Crippen MR) is 62.9 cm³/mol. The van der Waals surface area contributed by atoms with Crippen LogP contribution in [0.15, 0.2) is 21.5 Å². The molecule has 5 heteroatoms. The molecule has 15 heavy (non-hydrogen) atoms. The molecule has 0 saturated carbocycles. The van der Waals surface area contributed by atoms with E-state index in [1.165, 1.54) is 0 Å². The van der Waals surface area contributed by atoms with E-state index in [2.05, 4.69) is 39.7 Å². The third-order valence-electron chi connectivity index (χ3n) is 2.12. The summed E-state index contributed by atoms with van der Waals surface area (Å²) in [4.78, 5) is 18.7. The summed E-state index contributed by atoms with van der Waals surface area (Å²) in [6.45, 7) is 4.84. The Morgan fingerprint density at radius 3 is 3.00 bits per heavy atom. The van der Waals surface area contributed by atoms with Crippen LogP contribution in [0, 0.1) is 5.92 Å². The fraction of sp³-hybridized carbons (Fsp3) is 0.400. The summed E-state index contributed by atoms with van der Waals surface area (Å²) >= 11 is 3.32. The fourth-order valence-electron chi connectivity index (χ4n) is 1.55. The average Bonchev–Trinajstić information content (AvgIpc) is 2.41. The van der Waals surface area contributed by atoms with Gasteiger partial charge >= 0.3 is 5.69 Å². The molecular weight excluding hydrogens is 258 g/mol. The number of aromatic nitrogens is 3. The van der Waals surface area contributed by atoms with Gasteiger partial charge in [0.05, 0.1) is 5.52 Å². The molecule has 1 N–H and O–H groups in total. The molecule has 80 valence electrons. The van der Waals surface area contributed by atoms with Crippen LogP contribution >= 0.6 is 15.9 Å². The van der Waals surface area contributed by atoms with Crippen molar-refractivity contribution >= 4 is 27.1 Å². The van der Waals surface area contributed by atoms with E-state index in [-0.39, 0.29) is 5.69 Å². The van der Waals surface area contributed by atoms with E-state index in [1.807, 2.05) is 6.07 Å². The van der Waals surface area contributed by atoms with Gasteiger partial charge in [-0.3, -0.25) is 4.57 Å². The smallest absolute Gasteiger partial charge is 0.304 e. The fourth-order valence-corrected chi connectivity index (χ4v) is 1.88. The molecule has 0 aliphatic heterocycles. The van der Waals surface area contributed by atoms with Gasteiger partial charge < -0.3 is 4.98 Å². The molecule has 4 nitrogen and oxygen atoms in total. The van der Waals surface area contributed by atoms with Gasteiger partial charge in [-0.15, -0.1) is 0 Å². The highest BCUT2D eigenvalue weighted by Crippen LogP contribution is 2.14. The molecule has 0 amide bonds. The number of H-pyrrole nitrogens is 1. The Balaban J connectivity index is 2.63. The molecule has 0 unspecified atom stereocenters. The Morgan fingerprint density at radius 1 is 1.60 bits per heavy atom. The molecule has 0 aliphatic carbocycles. The number of nitrogens with zero attached hydrogens (tertiary/aromatic N) is 2. The zero-order valence-electron chi connectivity index (χ0n) is 8.62. The van der Waals surface area contributed by atoms with Gasteiger partial charge in [0.1, 0.15) is 0 Å². The second-order valence-electron chi connectivity index (χ2n) is 3.96. The summed E-state index contributed by atoms with van der Waals surface area (Å²) in [5.74, 6) is 0.423. The third kappa shape index (κ3) is 1.97. The predicted octanol–water partition coefficient (Wildman–Crippen LogP) is 2.14. The van der Waals surface area contributed by atoms with Crippen LogP contribution in [0.5, 0.6) is 0 Å². The molecular formula is C10H12BrN3O. The van der Waals surface area contributed by atoms with Gasteiger partial charge in [-0.25, -0.2) is 9.78 Å². The van der Waals surface area contributed by atoms with E-state index in [0.717, 1.165) is 15.6 Å². The molecule has 0 radical (unpaired) electrons. The number of halogens is 1. The van der Waals surface area contributed by atoms with Crippen molar-refractivity contribution < 1.29 is 0 Å². The molecule has 0 bridgehead atoms. The summed E-state index contributed by atoms with van der Waals surface area (Å²) < 4.78 is 2.54. The molecule has 0 spiro atoms. The highest BCUT2D eigenvalue weighted by atomic mass is 79.9. The van der Waals surface area contributed by atoms with Crippen LogP contribution < -0.4 is 5.69 Å². The number of hydrogen-bond acceptors (Lipinski definition) is 2. The van der Waals surface area contributed by atoms with Gasteiger partial charge in [-0.05, 0) is 27.9 Å². The first-order chi connectivity index (χ1) is 7.08. The first kappa shape index (κ1) is 10.4. The van der Waals surface area contributed by atoms with Crippen molar-refractivity contribution in [2.24, 2.45) is 5.92 Å². The number of rotatable bonds is 2. The zero-order chi connectivity index (χ0) is 11.0. The first-order valence-corrected chi connectivity index (χ1v) is 5.61. The van der Waals surface area contributed by atoms with Crippen molar-refractivity contribution in [1.82, 2.24) is 14.5 Å². The van der Waals surface area contributed by atoms with Crippen LogP contribution in [0.25, 0.3) is 11.2 Å². The highest BCUT2D eigenvalue weighted by Gasteiger charge is 2.09. The number of fused-ring (bicyclic) bond motifs is 1. The van der Waals surface area contributed by atoms with E-state index in [0.29, 0.717) is 12.5 Å². The van der Waals surface area contributed by atoms with Gasteiger partial charge in [-0.2, -0.15) is 0 Å². The number of aromatic amines is 1. The van der Waals surface area contributed by atoms with Crippen LogP contribution in [0.1, 0.15) is 13.8 Å². The van der Waals surface area contributed by atoms with Crippen molar-refractivity contribution in [2.75, 3.05) is 0 Å². The first-order valence-electron chi connectivity index (χ1n) is 4.82. The van der Waals surface area contributed by atoms with Crippen molar-refractivity contribution in [3.8, 4) is 0 Å². The summed E-state index contributed by atoms with van der Waals surface area (Å²) in [6.07, 6.45) is 1.70. The van der Waals surface area contributed by atoms with E-state index >= 15 is 0 Å². The van der Waals surface area contributed by atoms with Crippen molar-refractivity contribution in [3.63, 3.8) is 0 Å². The lowest BCUT2D eigenvalue weighted by Crippen LogP contribution is -2.19. The summed E-state index contributed by atoms with van der Waals surface area (Å²) in [7, 11) is 0. The zero-order valence-corrected chi connectivity index (χ0v) is 10.2. The molecule has 2 aromatic rings. The lowest BCUT2D eigenvalue weighted by Gasteiger charge is -2.04. The van der Waals surface area contributed by atoms with Crippen molar-refractivity contribution in [3.05, 3.63) is 27.2 Å². The van der Waals surface area contributed by atoms with E-state index in [9.17, 15) is 4.79 Å². The number of hydrogen-bond donors (Lipinski definition) is 1. The van der Waals surface area contributed by atoms with Gasteiger partial charge in [0.15, 0.2) is 5.65 Å². The Hall–Kier alpha value is -1.10. The van der Waals surface area contributed by atoms with Crippen LogP contribution in [-0.2, 0) is 6.54 Å². The molecule has 0 aromatic carbocycles. The van der Waals surface area contributed by atoms with Crippen LogP contribution in [0.4, 0.5) is 0 Å². The molecule has 0 fully saturated rings. The van der Waals surface area contributed by atoms with Crippen molar-refractivity contribution in [1.29, 1.82) is 0 Å². The minimum atomic E-state index is -0.0932. The number of pyridine rings is 1. The number of nitrogens with one attached hydrogen (secondary N) is 1. The van der Waals surface area contributed by atoms with Gasteiger partial charge in [0.2, 0.25) is 0 Å². The normalized spacial score (nSPS) is 11.5. The summed E-state index contributed by atoms with van der Waals surface area (Å²) in [5.41, 5.74) is 1.40. The SMILES string of the molecule is CC(C)Cn1c(=O)[nH]c2cc(Br)cnc21. The second-order valence-corrected chi connectivity index (χ2v) is 4.87. The van der Waals surface area contributed by atoms with E-state index < -0.39 is 0 Å². The monoisotopic (exact) mass is 269 g/mol. The van der Waals surface area contributed by atoms with Gasteiger partial charge in [0.25, 0.3) is 0 Å². The van der Waals surface area contributed by atoms with E-state index in [1.54, 1.807) is 10.8 Å². The second kappa shape index (κ2) is 3.81. The summed E-state index contributed by atoms with van der Waals surface area (Å²) in [6, 6.07) is 1.86. The Bertz CT molecular complexity index is 541. The maximum Gasteiger partial charge on any atom is 0.327 e.